The maximum Gasteiger partial charge on any atom is 0.271 e. The van der Waals surface area contributed by atoms with Crippen LogP contribution in [0.4, 0.5) is 11.4 Å². The van der Waals surface area contributed by atoms with Crippen molar-refractivity contribution in [2.75, 3.05) is 17.2 Å². The fourth-order valence-corrected chi connectivity index (χ4v) is 3.98. The number of hydrogen-bond donors (Lipinski definition) is 1. The van der Waals surface area contributed by atoms with Crippen LogP contribution in [0.3, 0.4) is 0 Å². The molecule has 0 spiro atoms. The van der Waals surface area contributed by atoms with Gasteiger partial charge in [-0.3, -0.25) is 19.2 Å². The van der Waals surface area contributed by atoms with E-state index in [1.165, 1.54) is 25.1 Å². The molecule has 162 valence electrons. The zero-order chi connectivity index (χ0) is 22.5. The van der Waals surface area contributed by atoms with Gasteiger partial charge < -0.3 is 10.1 Å². The van der Waals surface area contributed by atoms with Crippen LogP contribution in [0.5, 0.6) is 5.75 Å². The van der Waals surface area contributed by atoms with Crippen molar-refractivity contribution in [3.63, 3.8) is 0 Å². The molecule has 0 saturated carbocycles. The molecule has 1 amide bonds. The van der Waals surface area contributed by atoms with Gasteiger partial charge in [0.2, 0.25) is 15.9 Å². The Kier molecular flexibility index (Phi) is 7.38. The number of rotatable bonds is 9. The van der Waals surface area contributed by atoms with Crippen molar-refractivity contribution >= 4 is 27.3 Å². The largest absolute Gasteiger partial charge is 0.491 e. The van der Waals surface area contributed by atoms with Gasteiger partial charge >= 0.3 is 0 Å². The number of benzene rings is 2. The second-order valence-corrected chi connectivity index (χ2v) is 8.90. The molecule has 10 heteroatoms. The fourth-order valence-electron chi connectivity index (χ4n) is 2.81. The molecule has 1 N–H and O–H groups in total. The lowest BCUT2D eigenvalue weighted by atomic mass is 10.2. The highest BCUT2D eigenvalue weighted by atomic mass is 32.2. The predicted molar refractivity (Wildman–Crippen MR) is 114 cm³/mol. The van der Waals surface area contributed by atoms with Crippen molar-refractivity contribution in [1.82, 2.24) is 5.32 Å². The average molecular weight is 436 g/mol. The quantitative estimate of drug-likeness (QED) is 0.478. The Hall–Kier alpha value is -3.14. The lowest BCUT2D eigenvalue weighted by molar-refractivity contribution is -0.384. The van der Waals surface area contributed by atoms with Crippen molar-refractivity contribution in [2.45, 2.75) is 32.9 Å². The summed E-state index contributed by atoms with van der Waals surface area (Å²) in [5.41, 5.74) is 0.867. The molecule has 2 aromatic carbocycles. The van der Waals surface area contributed by atoms with Crippen LogP contribution in [0.15, 0.2) is 48.5 Å². The van der Waals surface area contributed by atoms with Crippen molar-refractivity contribution in [1.29, 1.82) is 0 Å². The van der Waals surface area contributed by atoms with Crippen LogP contribution in [0.25, 0.3) is 0 Å². The van der Waals surface area contributed by atoms with Crippen LogP contribution < -0.4 is 14.4 Å². The first-order valence-corrected chi connectivity index (χ1v) is 11.1. The molecule has 9 nitrogen and oxygen atoms in total. The van der Waals surface area contributed by atoms with E-state index in [-0.39, 0.29) is 18.0 Å². The van der Waals surface area contributed by atoms with Gasteiger partial charge in [-0.1, -0.05) is 23.8 Å². The standard InChI is InChI=1S/C20H25N3O6S/c1-14-8-10-19(11-9-14)29-13-15(2)21-20(24)16(3)22(30(4,27)28)17-6-5-7-18(12-17)23(25)26/h5-12,15-16H,13H2,1-4H3,(H,21,24)/t15-,16-/m1/s1. The molecule has 2 atom stereocenters. The number of carbonyl (C=O) groups is 1. The predicted octanol–water partition coefficient (Wildman–Crippen LogP) is 2.64. The monoisotopic (exact) mass is 435 g/mol. The Morgan fingerprint density at radius 3 is 2.40 bits per heavy atom. The number of nitro benzene ring substituents is 1. The van der Waals surface area contributed by atoms with Crippen LogP contribution in [0.2, 0.25) is 0 Å². The number of aryl methyl sites for hydroxylation is 1. The molecule has 0 aliphatic heterocycles. The minimum Gasteiger partial charge on any atom is -0.491 e. The summed E-state index contributed by atoms with van der Waals surface area (Å²) < 4.78 is 31.2. The molecular weight excluding hydrogens is 410 g/mol. The minimum atomic E-state index is -3.88. The first-order chi connectivity index (χ1) is 14.0. The molecule has 0 unspecified atom stereocenters. The smallest absolute Gasteiger partial charge is 0.271 e. The maximum absolute atomic E-state index is 12.7. The number of anilines is 1. The Labute approximate surface area is 175 Å². The molecule has 0 saturated heterocycles. The Bertz CT molecular complexity index is 1010. The molecule has 0 heterocycles. The zero-order valence-corrected chi connectivity index (χ0v) is 18.0. The van der Waals surface area contributed by atoms with Crippen molar-refractivity contribution in [3.8, 4) is 5.75 Å². The van der Waals surface area contributed by atoms with Gasteiger partial charge in [-0.15, -0.1) is 0 Å². The van der Waals surface area contributed by atoms with Gasteiger partial charge in [0.1, 0.15) is 18.4 Å². The highest BCUT2D eigenvalue weighted by Crippen LogP contribution is 2.25. The van der Waals surface area contributed by atoms with Gasteiger partial charge in [-0.2, -0.15) is 0 Å². The number of nitro groups is 1. The van der Waals surface area contributed by atoms with Crippen molar-refractivity contribution in [2.24, 2.45) is 0 Å². The van der Waals surface area contributed by atoms with E-state index in [4.69, 9.17) is 4.74 Å². The van der Waals surface area contributed by atoms with Crippen LogP contribution in [-0.4, -0.2) is 44.2 Å². The lowest BCUT2D eigenvalue weighted by Crippen LogP contribution is -2.50. The fraction of sp³-hybridized carbons (Fsp3) is 0.350. The molecule has 2 aromatic rings. The van der Waals surface area contributed by atoms with E-state index < -0.39 is 32.9 Å². The van der Waals surface area contributed by atoms with E-state index in [1.807, 2.05) is 31.2 Å². The Morgan fingerprint density at radius 2 is 1.83 bits per heavy atom. The van der Waals surface area contributed by atoms with E-state index >= 15 is 0 Å². The highest BCUT2D eigenvalue weighted by molar-refractivity contribution is 7.92. The van der Waals surface area contributed by atoms with Gasteiger partial charge in [0.25, 0.3) is 5.69 Å². The molecule has 0 fully saturated rings. The second kappa shape index (κ2) is 9.57. The summed E-state index contributed by atoms with van der Waals surface area (Å²) in [4.78, 5) is 23.1. The number of nitrogens with one attached hydrogen (secondary N) is 1. The number of amides is 1. The number of carbonyl (C=O) groups excluding carboxylic acids is 1. The van der Waals surface area contributed by atoms with Crippen molar-refractivity contribution in [3.05, 3.63) is 64.2 Å². The van der Waals surface area contributed by atoms with Crippen molar-refractivity contribution < 1.29 is 22.9 Å². The maximum atomic E-state index is 12.7. The first-order valence-electron chi connectivity index (χ1n) is 9.22. The molecule has 0 aliphatic rings. The third-order valence-corrected chi connectivity index (χ3v) is 5.53. The molecule has 0 aliphatic carbocycles. The summed E-state index contributed by atoms with van der Waals surface area (Å²) in [6.07, 6.45) is 0.944. The topological polar surface area (TPSA) is 119 Å². The summed E-state index contributed by atoms with van der Waals surface area (Å²) in [6.45, 7) is 5.31. The summed E-state index contributed by atoms with van der Waals surface area (Å²) >= 11 is 0. The van der Waals surface area contributed by atoms with Gasteiger partial charge in [0.05, 0.1) is 22.9 Å². The molecule has 30 heavy (non-hydrogen) atoms. The molecule has 0 radical (unpaired) electrons. The average Bonchev–Trinajstić information content (AvgIpc) is 2.66. The van der Waals surface area contributed by atoms with Crippen LogP contribution in [0.1, 0.15) is 19.4 Å². The third kappa shape index (κ3) is 6.18. The third-order valence-electron chi connectivity index (χ3n) is 4.29. The summed E-state index contributed by atoms with van der Waals surface area (Å²) in [6, 6.07) is 11.1. The zero-order valence-electron chi connectivity index (χ0n) is 17.2. The van der Waals surface area contributed by atoms with E-state index in [2.05, 4.69) is 5.32 Å². The van der Waals surface area contributed by atoms with E-state index in [0.29, 0.717) is 5.75 Å². The van der Waals surface area contributed by atoms with Gasteiger partial charge in [0, 0.05) is 12.1 Å². The van der Waals surface area contributed by atoms with Crippen LogP contribution >= 0.6 is 0 Å². The normalized spacial score (nSPS) is 13.2. The van der Waals surface area contributed by atoms with E-state index in [0.717, 1.165) is 22.2 Å². The number of nitrogens with zero attached hydrogens (tertiary/aromatic N) is 2. The number of hydrogen-bond acceptors (Lipinski definition) is 6. The van der Waals surface area contributed by atoms with Crippen LogP contribution in [0, 0.1) is 17.0 Å². The Balaban J connectivity index is 2.10. The molecule has 0 bridgehead atoms. The van der Waals surface area contributed by atoms with Gasteiger partial charge in [0.15, 0.2) is 0 Å². The van der Waals surface area contributed by atoms with E-state index in [9.17, 15) is 23.3 Å². The van der Waals surface area contributed by atoms with Crippen LogP contribution in [-0.2, 0) is 14.8 Å². The minimum absolute atomic E-state index is 0.0397. The summed E-state index contributed by atoms with van der Waals surface area (Å²) in [5, 5.41) is 13.7. The molecule has 2 rings (SSSR count). The number of non-ortho nitro benzene ring substituents is 1. The lowest BCUT2D eigenvalue weighted by Gasteiger charge is -2.29. The Morgan fingerprint density at radius 1 is 1.20 bits per heavy atom. The summed E-state index contributed by atoms with van der Waals surface area (Å²) in [5.74, 6) is 0.107. The number of sulfonamides is 1. The van der Waals surface area contributed by atoms with E-state index in [1.54, 1.807) is 6.92 Å². The summed E-state index contributed by atoms with van der Waals surface area (Å²) in [7, 11) is -3.88. The number of ether oxygens (including phenoxy) is 1. The second-order valence-electron chi connectivity index (χ2n) is 7.05. The van der Waals surface area contributed by atoms with Gasteiger partial charge in [-0.05, 0) is 39.0 Å². The molecular formula is C20H25N3O6S. The highest BCUT2D eigenvalue weighted by Gasteiger charge is 2.30. The molecule has 0 aromatic heterocycles. The van der Waals surface area contributed by atoms with Gasteiger partial charge in [-0.25, -0.2) is 8.42 Å². The first kappa shape index (κ1) is 23.1. The SMILES string of the molecule is Cc1ccc(OC[C@@H](C)NC(=O)[C@@H](C)N(c2cccc([N+](=O)[O-])c2)S(C)(=O)=O)cc1.